The van der Waals surface area contributed by atoms with E-state index in [0.717, 1.165) is 43.8 Å². The highest BCUT2D eigenvalue weighted by Crippen LogP contribution is 2.27. The molecule has 2 fully saturated rings. The fraction of sp³-hybridized carbons (Fsp3) is 0.467. The summed E-state index contributed by atoms with van der Waals surface area (Å²) in [6.07, 6.45) is 0. The standard InChI is InChI=1S/C15H17ClN4O/c16-11-1-2-13-12(3-11)15(21)19-14(18-13)8-20-6-9-4-17-5-10(9)7-20/h1-3,9-10,17H,4-8H2,(H,18,19,21)/t9-,10+. The summed E-state index contributed by atoms with van der Waals surface area (Å²) in [6, 6.07) is 5.24. The van der Waals surface area contributed by atoms with Gasteiger partial charge in [0.2, 0.25) is 0 Å². The van der Waals surface area contributed by atoms with Crippen molar-refractivity contribution in [1.82, 2.24) is 20.2 Å². The lowest BCUT2D eigenvalue weighted by molar-refractivity contribution is 0.298. The molecule has 0 radical (unpaired) electrons. The van der Waals surface area contributed by atoms with Crippen molar-refractivity contribution < 1.29 is 0 Å². The first-order valence-corrected chi connectivity index (χ1v) is 7.68. The molecule has 2 aromatic rings. The Morgan fingerprint density at radius 1 is 1.29 bits per heavy atom. The van der Waals surface area contributed by atoms with Crippen LogP contribution in [0.3, 0.4) is 0 Å². The molecule has 0 spiro atoms. The van der Waals surface area contributed by atoms with Gasteiger partial charge in [-0.3, -0.25) is 9.69 Å². The molecule has 0 unspecified atom stereocenters. The topological polar surface area (TPSA) is 61.0 Å². The van der Waals surface area contributed by atoms with Crippen molar-refractivity contribution in [3.63, 3.8) is 0 Å². The van der Waals surface area contributed by atoms with Crippen LogP contribution in [-0.2, 0) is 6.54 Å². The van der Waals surface area contributed by atoms with Crippen LogP contribution in [-0.4, -0.2) is 41.0 Å². The van der Waals surface area contributed by atoms with E-state index in [0.29, 0.717) is 22.5 Å². The zero-order valence-corrected chi connectivity index (χ0v) is 12.4. The minimum atomic E-state index is -0.112. The Morgan fingerprint density at radius 2 is 2.05 bits per heavy atom. The molecule has 2 aliphatic heterocycles. The monoisotopic (exact) mass is 304 g/mol. The molecule has 2 N–H and O–H groups in total. The molecule has 2 atom stereocenters. The van der Waals surface area contributed by atoms with Crippen LogP contribution in [0.2, 0.25) is 5.02 Å². The fourth-order valence-electron chi connectivity index (χ4n) is 3.53. The lowest BCUT2D eigenvalue weighted by atomic mass is 10.0. The molecule has 110 valence electrons. The van der Waals surface area contributed by atoms with E-state index in [4.69, 9.17) is 11.6 Å². The highest BCUT2D eigenvalue weighted by atomic mass is 35.5. The lowest BCUT2D eigenvalue weighted by Gasteiger charge is -2.16. The molecule has 1 aromatic heterocycles. The maximum Gasteiger partial charge on any atom is 0.258 e. The zero-order chi connectivity index (χ0) is 14.4. The predicted molar refractivity (Wildman–Crippen MR) is 82.5 cm³/mol. The second-order valence-corrected chi connectivity index (χ2v) is 6.48. The van der Waals surface area contributed by atoms with Gasteiger partial charge < -0.3 is 10.3 Å². The number of nitrogens with zero attached hydrogens (tertiary/aromatic N) is 2. The van der Waals surface area contributed by atoms with Crippen molar-refractivity contribution in [2.45, 2.75) is 6.54 Å². The second kappa shape index (κ2) is 5.09. The number of hydrogen-bond acceptors (Lipinski definition) is 4. The number of benzene rings is 1. The molecular formula is C15H17ClN4O. The molecule has 3 heterocycles. The van der Waals surface area contributed by atoms with E-state index in [2.05, 4.69) is 20.2 Å². The van der Waals surface area contributed by atoms with Gasteiger partial charge in [-0.25, -0.2) is 4.98 Å². The van der Waals surface area contributed by atoms with Crippen LogP contribution in [0.5, 0.6) is 0 Å². The molecule has 2 aliphatic rings. The summed E-state index contributed by atoms with van der Waals surface area (Å²) in [7, 11) is 0. The van der Waals surface area contributed by atoms with Gasteiger partial charge in [0.1, 0.15) is 5.82 Å². The summed E-state index contributed by atoms with van der Waals surface area (Å²) in [5, 5.41) is 4.54. The molecular weight excluding hydrogens is 288 g/mol. The van der Waals surface area contributed by atoms with Gasteiger partial charge in [0, 0.05) is 18.1 Å². The minimum absolute atomic E-state index is 0.112. The number of rotatable bonds is 2. The molecule has 4 rings (SSSR count). The molecule has 1 aromatic carbocycles. The van der Waals surface area contributed by atoms with Gasteiger partial charge in [-0.05, 0) is 43.1 Å². The van der Waals surface area contributed by atoms with E-state index < -0.39 is 0 Å². The van der Waals surface area contributed by atoms with Crippen LogP contribution in [0.25, 0.3) is 10.9 Å². The number of hydrogen-bond donors (Lipinski definition) is 2. The first-order chi connectivity index (χ1) is 10.2. The van der Waals surface area contributed by atoms with E-state index >= 15 is 0 Å². The first kappa shape index (κ1) is 13.2. The third-order valence-corrected chi connectivity index (χ3v) is 4.79. The van der Waals surface area contributed by atoms with Gasteiger partial charge in [-0.15, -0.1) is 0 Å². The maximum atomic E-state index is 12.1. The largest absolute Gasteiger partial charge is 0.316 e. The summed E-state index contributed by atoms with van der Waals surface area (Å²) in [5.74, 6) is 2.23. The molecule has 6 heteroatoms. The third kappa shape index (κ3) is 2.46. The number of halogens is 1. The number of likely N-dealkylation sites (tertiary alicyclic amines) is 1. The Morgan fingerprint density at radius 3 is 2.81 bits per heavy atom. The number of aromatic amines is 1. The first-order valence-electron chi connectivity index (χ1n) is 7.30. The Bertz CT molecular complexity index is 732. The Kier molecular flexibility index (Phi) is 3.21. The van der Waals surface area contributed by atoms with Gasteiger partial charge in [0.05, 0.1) is 17.4 Å². The zero-order valence-electron chi connectivity index (χ0n) is 11.6. The molecule has 5 nitrogen and oxygen atoms in total. The smallest absolute Gasteiger partial charge is 0.258 e. The summed E-state index contributed by atoms with van der Waals surface area (Å²) < 4.78 is 0. The van der Waals surface area contributed by atoms with Crippen LogP contribution in [0.15, 0.2) is 23.0 Å². The average Bonchev–Trinajstić information content (AvgIpc) is 3.00. The van der Waals surface area contributed by atoms with Crippen molar-refractivity contribution in [2.75, 3.05) is 26.2 Å². The van der Waals surface area contributed by atoms with Crippen molar-refractivity contribution >= 4 is 22.5 Å². The van der Waals surface area contributed by atoms with Gasteiger partial charge in [0.25, 0.3) is 5.56 Å². The van der Waals surface area contributed by atoms with Crippen molar-refractivity contribution in [3.05, 3.63) is 39.4 Å². The van der Waals surface area contributed by atoms with Gasteiger partial charge >= 0.3 is 0 Å². The molecule has 21 heavy (non-hydrogen) atoms. The quantitative estimate of drug-likeness (QED) is 0.876. The number of aromatic nitrogens is 2. The second-order valence-electron chi connectivity index (χ2n) is 6.05. The fourth-order valence-corrected chi connectivity index (χ4v) is 3.70. The predicted octanol–water partition coefficient (Wildman–Crippen LogP) is 1.23. The molecule has 0 aliphatic carbocycles. The lowest BCUT2D eigenvalue weighted by Crippen LogP contribution is -2.27. The SMILES string of the molecule is O=c1[nH]c(CN2C[C@H]3CNC[C@H]3C2)nc2ccc(Cl)cc12. The van der Waals surface area contributed by atoms with Crippen LogP contribution in [0.1, 0.15) is 5.82 Å². The van der Waals surface area contributed by atoms with Crippen LogP contribution >= 0.6 is 11.6 Å². The highest BCUT2D eigenvalue weighted by Gasteiger charge is 2.36. The van der Waals surface area contributed by atoms with Crippen molar-refractivity contribution in [1.29, 1.82) is 0 Å². The molecule has 2 saturated heterocycles. The maximum absolute atomic E-state index is 12.1. The van der Waals surface area contributed by atoms with Crippen LogP contribution in [0, 0.1) is 11.8 Å². The number of H-pyrrole nitrogens is 1. The molecule has 0 bridgehead atoms. The van der Waals surface area contributed by atoms with E-state index in [1.165, 1.54) is 0 Å². The van der Waals surface area contributed by atoms with Gasteiger partial charge in [-0.1, -0.05) is 11.6 Å². The number of nitrogens with one attached hydrogen (secondary N) is 2. The normalized spacial score (nSPS) is 25.6. The average molecular weight is 305 g/mol. The van der Waals surface area contributed by atoms with E-state index in [1.54, 1.807) is 18.2 Å². The Balaban J connectivity index is 1.60. The van der Waals surface area contributed by atoms with E-state index in [9.17, 15) is 4.79 Å². The molecule has 0 saturated carbocycles. The van der Waals surface area contributed by atoms with Gasteiger partial charge in [0.15, 0.2) is 0 Å². The minimum Gasteiger partial charge on any atom is -0.316 e. The highest BCUT2D eigenvalue weighted by molar-refractivity contribution is 6.31. The van der Waals surface area contributed by atoms with Crippen molar-refractivity contribution in [3.8, 4) is 0 Å². The van der Waals surface area contributed by atoms with Crippen LogP contribution < -0.4 is 10.9 Å². The Hall–Kier alpha value is -1.43. The Labute approximate surface area is 127 Å². The van der Waals surface area contributed by atoms with E-state index in [-0.39, 0.29) is 5.56 Å². The summed E-state index contributed by atoms with van der Waals surface area (Å²) in [4.78, 5) is 22.0. The summed E-state index contributed by atoms with van der Waals surface area (Å²) in [6.45, 7) is 5.10. The van der Waals surface area contributed by atoms with Gasteiger partial charge in [-0.2, -0.15) is 0 Å². The summed E-state index contributed by atoms with van der Waals surface area (Å²) in [5.41, 5.74) is 0.595. The number of fused-ring (bicyclic) bond motifs is 2. The van der Waals surface area contributed by atoms with Crippen LogP contribution in [0.4, 0.5) is 0 Å². The summed E-state index contributed by atoms with van der Waals surface area (Å²) >= 11 is 5.93. The van der Waals surface area contributed by atoms with E-state index in [1.807, 2.05) is 0 Å². The van der Waals surface area contributed by atoms with Crippen molar-refractivity contribution in [2.24, 2.45) is 11.8 Å². The molecule has 0 amide bonds. The third-order valence-electron chi connectivity index (χ3n) is 4.55.